The van der Waals surface area contributed by atoms with Gasteiger partial charge >= 0.3 is 0 Å². The van der Waals surface area contributed by atoms with Crippen molar-refractivity contribution >= 4 is 5.96 Å². The van der Waals surface area contributed by atoms with Crippen LogP contribution in [0.1, 0.15) is 18.1 Å². The van der Waals surface area contributed by atoms with Gasteiger partial charge in [-0.1, -0.05) is 18.2 Å². The monoisotopic (exact) mass is 407 g/mol. The Balaban J connectivity index is 1.58. The molecule has 0 amide bonds. The summed E-state index contributed by atoms with van der Waals surface area (Å²) < 4.78 is 12.6. The summed E-state index contributed by atoms with van der Waals surface area (Å²) in [6.45, 7) is 4.10. The number of rotatable bonds is 9. The first kappa shape index (κ1) is 21.2. The van der Waals surface area contributed by atoms with Crippen molar-refractivity contribution in [3.63, 3.8) is 0 Å². The number of nitrogens with one attached hydrogen (secondary N) is 2. The van der Waals surface area contributed by atoms with Crippen molar-refractivity contribution in [2.45, 2.75) is 19.9 Å². The van der Waals surface area contributed by atoms with Crippen LogP contribution in [0.5, 0.6) is 11.5 Å². The molecule has 0 radical (unpaired) electrons. The second kappa shape index (κ2) is 10.9. The molecule has 2 N–H and O–H groups in total. The van der Waals surface area contributed by atoms with E-state index in [1.807, 2.05) is 59.4 Å². The molecule has 0 aliphatic heterocycles. The highest BCUT2D eigenvalue weighted by molar-refractivity contribution is 5.79. The zero-order valence-electron chi connectivity index (χ0n) is 17.8. The SMILES string of the molecule is CCNC(=NCc1ccc(OC)cc1OC)NCCc1cnn(-c2ccccc2)c1. The fourth-order valence-electron chi connectivity index (χ4n) is 3.02. The van der Waals surface area contributed by atoms with Crippen LogP contribution in [0.25, 0.3) is 5.69 Å². The lowest BCUT2D eigenvalue weighted by Crippen LogP contribution is -2.38. The Kier molecular flexibility index (Phi) is 7.71. The van der Waals surface area contributed by atoms with E-state index in [0.717, 1.165) is 48.2 Å². The van der Waals surface area contributed by atoms with Gasteiger partial charge < -0.3 is 20.1 Å². The van der Waals surface area contributed by atoms with Crippen LogP contribution in [-0.2, 0) is 13.0 Å². The third-order valence-electron chi connectivity index (χ3n) is 4.61. The summed E-state index contributed by atoms with van der Waals surface area (Å²) in [5, 5.41) is 11.1. The molecule has 0 bridgehead atoms. The highest BCUT2D eigenvalue weighted by Gasteiger charge is 2.06. The Bertz CT molecular complexity index is 953. The average molecular weight is 408 g/mol. The molecule has 0 fully saturated rings. The van der Waals surface area contributed by atoms with Crippen LogP contribution < -0.4 is 20.1 Å². The van der Waals surface area contributed by atoms with Crippen molar-refractivity contribution < 1.29 is 9.47 Å². The van der Waals surface area contributed by atoms with Crippen molar-refractivity contribution in [3.8, 4) is 17.2 Å². The number of guanidine groups is 1. The summed E-state index contributed by atoms with van der Waals surface area (Å²) in [4.78, 5) is 4.68. The number of aromatic nitrogens is 2. The summed E-state index contributed by atoms with van der Waals surface area (Å²) >= 11 is 0. The molecule has 7 nitrogen and oxygen atoms in total. The van der Waals surface area contributed by atoms with Crippen LogP contribution >= 0.6 is 0 Å². The molecule has 1 heterocycles. The van der Waals surface area contributed by atoms with Crippen LogP contribution in [0.15, 0.2) is 65.9 Å². The maximum absolute atomic E-state index is 5.46. The lowest BCUT2D eigenvalue weighted by atomic mass is 10.2. The zero-order valence-corrected chi connectivity index (χ0v) is 17.8. The third-order valence-corrected chi connectivity index (χ3v) is 4.61. The molecule has 158 valence electrons. The summed E-state index contributed by atoms with van der Waals surface area (Å²) in [6.07, 6.45) is 4.81. The Morgan fingerprint density at radius 3 is 2.63 bits per heavy atom. The second-order valence-corrected chi connectivity index (χ2v) is 6.68. The number of ether oxygens (including phenoxy) is 2. The first-order chi connectivity index (χ1) is 14.7. The molecule has 3 aromatic rings. The van der Waals surface area contributed by atoms with E-state index >= 15 is 0 Å². The van der Waals surface area contributed by atoms with Crippen LogP contribution in [0.4, 0.5) is 0 Å². The Morgan fingerprint density at radius 2 is 1.90 bits per heavy atom. The minimum atomic E-state index is 0.508. The van der Waals surface area contributed by atoms with Crippen molar-refractivity contribution in [2.24, 2.45) is 4.99 Å². The predicted octanol–water partition coefficient (Wildman–Crippen LogP) is 3.19. The molecule has 3 rings (SSSR count). The van der Waals surface area contributed by atoms with Gasteiger partial charge in [-0.15, -0.1) is 0 Å². The van der Waals surface area contributed by atoms with Gasteiger partial charge in [-0.05, 0) is 43.2 Å². The fourth-order valence-corrected chi connectivity index (χ4v) is 3.02. The predicted molar refractivity (Wildman–Crippen MR) is 120 cm³/mol. The van der Waals surface area contributed by atoms with Gasteiger partial charge in [0, 0.05) is 30.9 Å². The van der Waals surface area contributed by atoms with E-state index in [1.54, 1.807) is 14.2 Å². The first-order valence-electron chi connectivity index (χ1n) is 10.1. The van der Waals surface area contributed by atoms with E-state index in [1.165, 1.54) is 5.56 Å². The van der Waals surface area contributed by atoms with Gasteiger partial charge in [0.25, 0.3) is 0 Å². The average Bonchev–Trinajstić information content (AvgIpc) is 3.27. The fraction of sp³-hybridized carbons (Fsp3) is 0.304. The second-order valence-electron chi connectivity index (χ2n) is 6.68. The maximum Gasteiger partial charge on any atom is 0.191 e. The normalized spacial score (nSPS) is 11.2. The molecular weight excluding hydrogens is 378 g/mol. The van der Waals surface area contributed by atoms with E-state index in [2.05, 4.69) is 33.8 Å². The number of para-hydroxylation sites is 1. The van der Waals surface area contributed by atoms with E-state index < -0.39 is 0 Å². The van der Waals surface area contributed by atoms with Gasteiger partial charge in [0.15, 0.2) is 5.96 Å². The van der Waals surface area contributed by atoms with Crippen molar-refractivity contribution in [2.75, 3.05) is 27.3 Å². The smallest absolute Gasteiger partial charge is 0.191 e. The molecule has 0 spiro atoms. The topological polar surface area (TPSA) is 72.7 Å². The standard InChI is InChI=1S/C23H29N5O2/c1-4-24-23(26-16-19-10-11-21(29-2)14-22(19)30-3)25-13-12-18-15-27-28(17-18)20-8-6-5-7-9-20/h5-11,14-15,17H,4,12-13,16H2,1-3H3,(H2,24,25,26). The number of aliphatic imine (C=N–C) groups is 1. The highest BCUT2D eigenvalue weighted by Crippen LogP contribution is 2.25. The zero-order chi connectivity index (χ0) is 21.2. The molecule has 1 aromatic heterocycles. The third kappa shape index (κ3) is 5.76. The molecule has 2 aromatic carbocycles. The largest absolute Gasteiger partial charge is 0.497 e. The van der Waals surface area contributed by atoms with Crippen LogP contribution in [0.3, 0.4) is 0 Å². The Hall–Kier alpha value is -3.48. The lowest BCUT2D eigenvalue weighted by Gasteiger charge is -2.12. The van der Waals surface area contributed by atoms with Gasteiger partial charge in [-0.25, -0.2) is 9.67 Å². The van der Waals surface area contributed by atoms with E-state index in [4.69, 9.17) is 9.47 Å². The van der Waals surface area contributed by atoms with Gasteiger partial charge in [0.1, 0.15) is 11.5 Å². The molecule has 0 saturated carbocycles. The first-order valence-corrected chi connectivity index (χ1v) is 10.1. The van der Waals surface area contributed by atoms with Crippen LogP contribution in [0.2, 0.25) is 0 Å². The van der Waals surface area contributed by atoms with E-state index in [-0.39, 0.29) is 0 Å². The summed E-state index contributed by atoms with van der Waals surface area (Å²) in [6, 6.07) is 15.9. The minimum absolute atomic E-state index is 0.508. The number of nitrogens with zero attached hydrogens (tertiary/aromatic N) is 3. The van der Waals surface area contributed by atoms with Crippen LogP contribution in [-0.4, -0.2) is 43.0 Å². The van der Waals surface area contributed by atoms with Crippen molar-refractivity contribution in [3.05, 3.63) is 72.1 Å². The maximum atomic E-state index is 5.46. The quantitative estimate of drug-likeness (QED) is 0.421. The molecule has 7 heteroatoms. The van der Waals surface area contributed by atoms with E-state index in [9.17, 15) is 0 Å². The summed E-state index contributed by atoms with van der Waals surface area (Å²) in [7, 11) is 3.30. The number of hydrogen-bond acceptors (Lipinski definition) is 4. The Labute approximate surface area is 177 Å². The van der Waals surface area contributed by atoms with Gasteiger partial charge in [-0.2, -0.15) is 5.10 Å². The number of benzene rings is 2. The van der Waals surface area contributed by atoms with Crippen molar-refractivity contribution in [1.82, 2.24) is 20.4 Å². The molecule has 0 aliphatic carbocycles. The molecule has 30 heavy (non-hydrogen) atoms. The molecule has 0 atom stereocenters. The van der Waals surface area contributed by atoms with Gasteiger partial charge in [0.05, 0.1) is 32.6 Å². The molecule has 0 saturated heterocycles. The van der Waals surface area contributed by atoms with Gasteiger partial charge in [-0.3, -0.25) is 0 Å². The molecular formula is C23H29N5O2. The van der Waals surface area contributed by atoms with Crippen LogP contribution in [0, 0.1) is 0 Å². The molecule has 0 aliphatic rings. The number of hydrogen-bond donors (Lipinski definition) is 2. The lowest BCUT2D eigenvalue weighted by molar-refractivity contribution is 0.391. The van der Waals surface area contributed by atoms with Gasteiger partial charge in [0.2, 0.25) is 0 Å². The highest BCUT2D eigenvalue weighted by atomic mass is 16.5. The minimum Gasteiger partial charge on any atom is -0.497 e. The summed E-state index contributed by atoms with van der Waals surface area (Å²) in [5.41, 5.74) is 3.22. The molecule has 0 unspecified atom stereocenters. The summed E-state index contributed by atoms with van der Waals surface area (Å²) in [5.74, 6) is 2.30. The Morgan fingerprint density at radius 1 is 1.07 bits per heavy atom. The van der Waals surface area contributed by atoms with E-state index in [0.29, 0.717) is 6.54 Å². The number of methoxy groups -OCH3 is 2. The van der Waals surface area contributed by atoms with Crippen molar-refractivity contribution in [1.29, 1.82) is 0 Å².